The van der Waals surface area contributed by atoms with Gasteiger partial charge in [0, 0.05) is 23.6 Å². The standard InChI is InChI=1S/C18H15N3O4S/c1-23-13-6-9(7-14-18(13)25-5-4-24-14)10-8-15(22)19-11-2-3-12-17(16(10)11)21-26-20-12/h2-3,6-7,10H,4-5,8H2,1H3,(H,19,22)/t10-/m1/s1. The number of benzene rings is 2. The summed E-state index contributed by atoms with van der Waals surface area (Å²) in [5.74, 6) is 1.67. The largest absolute Gasteiger partial charge is 0.493 e. The van der Waals surface area contributed by atoms with E-state index in [1.807, 2.05) is 24.3 Å². The summed E-state index contributed by atoms with van der Waals surface area (Å²) < 4.78 is 25.7. The van der Waals surface area contributed by atoms with Gasteiger partial charge in [-0.15, -0.1) is 0 Å². The molecule has 3 aromatic rings. The van der Waals surface area contributed by atoms with Gasteiger partial charge in [-0.3, -0.25) is 4.79 Å². The molecule has 3 heterocycles. The molecule has 2 aromatic carbocycles. The monoisotopic (exact) mass is 369 g/mol. The summed E-state index contributed by atoms with van der Waals surface area (Å²) in [6, 6.07) is 7.62. The molecule has 0 saturated carbocycles. The lowest BCUT2D eigenvalue weighted by atomic mass is 9.83. The lowest BCUT2D eigenvalue weighted by Gasteiger charge is -2.28. The van der Waals surface area contributed by atoms with E-state index in [0.29, 0.717) is 36.9 Å². The minimum Gasteiger partial charge on any atom is -0.493 e. The van der Waals surface area contributed by atoms with Gasteiger partial charge in [-0.2, -0.15) is 8.75 Å². The fraction of sp³-hybridized carbons (Fsp3) is 0.278. The molecular weight excluding hydrogens is 354 g/mol. The summed E-state index contributed by atoms with van der Waals surface area (Å²) in [4.78, 5) is 12.3. The van der Waals surface area contributed by atoms with Crippen LogP contribution in [0.3, 0.4) is 0 Å². The van der Waals surface area contributed by atoms with E-state index in [1.165, 1.54) is 11.7 Å². The average molecular weight is 369 g/mol. The minimum atomic E-state index is -0.156. The number of ether oxygens (including phenoxy) is 3. The zero-order valence-corrected chi connectivity index (χ0v) is 14.8. The maximum atomic E-state index is 12.3. The Labute approximate surface area is 153 Å². The molecule has 8 heteroatoms. The van der Waals surface area contributed by atoms with Crippen LogP contribution in [0.25, 0.3) is 11.0 Å². The van der Waals surface area contributed by atoms with Gasteiger partial charge >= 0.3 is 0 Å². The highest BCUT2D eigenvalue weighted by Gasteiger charge is 2.31. The van der Waals surface area contributed by atoms with Crippen LogP contribution in [0.2, 0.25) is 0 Å². The zero-order valence-electron chi connectivity index (χ0n) is 13.9. The van der Waals surface area contributed by atoms with E-state index in [4.69, 9.17) is 14.2 Å². The summed E-state index contributed by atoms with van der Waals surface area (Å²) in [5, 5.41) is 2.94. The Hall–Kier alpha value is -2.87. The topological polar surface area (TPSA) is 82.6 Å². The van der Waals surface area contributed by atoms with Crippen molar-refractivity contribution >= 4 is 34.4 Å². The Balaban J connectivity index is 1.72. The van der Waals surface area contributed by atoms with Gasteiger partial charge in [-0.25, -0.2) is 0 Å². The van der Waals surface area contributed by atoms with Crippen LogP contribution in [0.1, 0.15) is 23.5 Å². The first-order chi connectivity index (χ1) is 12.7. The number of hydrogen-bond donors (Lipinski definition) is 1. The van der Waals surface area contributed by atoms with Gasteiger partial charge in [0.2, 0.25) is 11.7 Å². The lowest BCUT2D eigenvalue weighted by Crippen LogP contribution is -2.24. The Kier molecular flexibility index (Phi) is 3.46. The first-order valence-corrected chi connectivity index (χ1v) is 9.00. The van der Waals surface area contributed by atoms with E-state index < -0.39 is 0 Å². The second-order valence-electron chi connectivity index (χ2n) is 6.21. The predicted octanol–water partition coefficient (Wildman–Crippen LogP) is 2.95. The van der Waals surface area contributed by atoms with Crippen LogP contribution >= 0.6 is 11.7 Å². The van der Waals surface area contributed by atoms with Gasteiger partial charge in [-0.1, -0.05) is 0 Å². The molecule has 1 aromatic heterocycles. The van der Waals surface area contributed by atoms with E-state index in [-0.39, 0.29) is 11.8 Å². The molecule has 0 saturated heterocycles. The third-order valence-electron chi connectivity index (χ3n) is 4.73. The van der Waals surface area contributed by atoms with Crippen molar-refractivity contribution in [2.45, 2.75) is 12.3 Å². The minimum absolute atomic E-state index is 0.0288. The van der Waals surface area contributed by atoms with Crippen molar-refractivity contribution in [3.05, 3.63) is 35.4 Å². The van der Waals surface area contributed by atoms with Crippen LogP contribution in [0.15, 0.2) is 24.3 Å². The van der Waals surface area contributed by atoms with Crippen LogP contribution in [0.4, 0.5) is 5.69 Å². The van der Waals surface area contributed by atoms with E-state index in [2.05, 4.69) is 14.1 Å². The van der Waals surface area contributed by atoms with Crippen molar-refractivity contribution in [3.8, 4) is 17.2 Å². The second-order valence-corrected chi connectivity index (χ2v) is 6.74. The number of nitrogens with zero attached hydrogens (tertiary/aromatic N) is 2. The fourth-order valence-electron chi connectivity index (χ4n) is 3.60. The number of hydrogen-bond acceptors (Lipinski definition) is 7. The summed E-state index contributed by atoms with van der Waals surface area (Å²) in [5.41, 5.74) is 4.35. The number of aromatic nitrogens is 2. The van der Waals surface area contributed by atoms with Crippen LogP contribution in [-0.4, -0.2) is 35.0 Å². The molecule has 0 unspecified atom stereocenters. The number of methoxy groups -OCH3 is 1. The van der Waals surface area contributed by atoms with Crippen molar-refractivity contribution in [2.75, 3.05) is 25.6 Å². The summed E-state index contributed by atoms with van der Waals surface area (Å²) in [6.07, 6.45) is 0.326. The smallest absolute Gasteiger partial charge is 0.225 e. The first kappa shape index (κ1) is 15.4. The molecular formula is C18H15N3O4S. The summed E-state index contributed by atoms with van der Waals surface area (Å²) in [6.45, 7) is 0.976. The highest BCUT2D eigenvalue weighted by molar-refractivity contribution is 7.00. The van der Waals surface area contributed by atoms with Crippen molar-refractivity contribution < 1.29 is 19.0 Å². The third kappa shape index (κ3) is 2.29. The van der Waals surface area contributed by atoms with Gasteiger partial charge in [0.25, 0.3) is 0 Å². The lowest BCUT2D eigenvalue weighted by molar-refractivity contribution is -0.116. The number of fused-ring (bicyclic) bond motifs is 4. The quantitative estimate of drug-likeness (QED) is 0.748. The highest BCUT2D eigenvalue weighted by atomic mass is 32.1. The van der Waals surface area contributed by atoms with Crippen molar-refractivity contribution in [1.29, 1.82) is 0 Å². The SMILES string of the molecule is COc1cc([C@H]2CC(=O)Nc3ccc4nsnc4c32)cc2c1OCCO2. The van der Waals surface area contributed by atoms with Crippen LogP contribution < -0.4 is 19.5 Å². The summed E-state index contributed by atoms with van der Waals surface area (Å²) >= 11 is 1.17. The van der Waals surface area contributed by atoms with E-state index in [9.17, 15) is 4.79 Å². The van der Waals surface area contributed by atoms with Gasteiger partial charge in [0.15, 0.2) is 11.5 Å². The predicted molar refractivity (Wildman–Crippen MR) is 96.5 cm³/mol. The average Bonchev–Trinajstić information content (AvgIpc) is 3.15. The Morgan fingerprint density at radius 3 is 3.00 bits per heavy atom. The molecule has 0 bridgehead atoms. The molecule has 2 aliphatic rings. The first-order valence-electron chi connectivity index (χ1n) is 8.27. The number of carbonyl (C=O) groups is 1. The fourth-order valence-corrected chi connectivity index (χ4v) is 4.15. The van der Waals surface area contributed by atoms with Crippen LogP contribution in [-0.2, 0) is 4.79 Å². The highest BCUT2D eigenvalue weighted by Crippen LogP contribution is 2.47. The van der Waals surface area contributed by atoms with Gasteiger partial charge in [-0.05, 0) is 29.8 Å². The Morgan fingerprint density at radius 1 is 1.23 bits per heavy atom. The van der Waals surface area contributed by atoms with Crippen molar-refractivity contribution in [3.63, 3.8) is 0 Å². The molecule has 132 valence electrons. The van der Waals surface area contributed by atoms with E-state index >= 15 is 0 Å². The second kappa shape index (κ2) is 5.84. The normalized spacial score (nSPS) is 18.3. The van der Waals surface area contributed by atoms with Crippen molar-refractivity contribution in [2.24, 2.45) is 0 Å². The van der Waals surface area contributed by atoms with Gasteiger partial charge in [0.1, 0.15) is 24.2 Å². The number of nitrogens with one attached hydrogen (secondary N) is 1. The molecule has 0 radical (unpaired) electrons. The number of amides is 1. The maximum absolute atomic E-state index is 12.3. The van der Waals surface area contributed by atoms with Crippen LogP contribution in [0.5, 0.6) is 17.2 Å². The zero-order chi connectivity index (χ0) is 17.7. The Bertz CT molecular complexity index is 1020. The van der Waals surface area contributed by atoms with E-state index in [1.54, 1.807) is 7.11 Å². The van der Waals surface area contributed by atoms with Gasteiger partial charge < -0.3 is 19.5 Å². The molecule has 0 spiro atoms. The molecule has 0 aliphatic carbocycles. The number of anilines is 1. The molecule has 1 N–H and O–H groups in total. The molecule has 1 atom stereocenters. The van der Waals surface area contributed by atoms with Crippen molar-refractivity contribution in [1.82, 2.24) is 8.75 Å². The van der Waals surface area contributed by atoms with E-state index in [0.717, 1.165) is 27.8 Å². The van der Waals surface area contributed by atoms with Gasteiger partial charge in [0.05, 0.1) is 18.8 Å². The Morgan fingerprint density at radius 2 is 2.12 bits per heavy atom. The molecule has 0 fully saturated rings. The third-order valence-corrected chi connectivity index (χ3v) is 5.27. The summed E-state index contributed by atoms with van der Waals surface area (Å²) in [7, 11) is 1.60. The molecule has 5 rings (SSSR count). The van der Waals surface area contributed by atoms with Crippen LogP contribution in [0, 0.1) is 0 Å². The number of rotatable bonds is 2. The maximum Gasteiger partial charge on any atom is 0.225 e. The molecule has 26 heavy (non-hydrogen) atoms. The molecule has 1 amide bonds. The number of carbonyl (C=O) groups excluding carboxylic acids is 1. The molecule has 2 aliphatic heterocycles. The molecule has 7 nitrogen and oxygen atoms in total.